The summed E-state index contributed by atoms with van der Waals surface area (Å²) in [6, 6.07) is 12.5. The number of amides is 1. The summed E-state index contributed by atoms with van der Waals surface area (Å²) in [7, 11) is 0. The monoisotopic (exact) mass is 368 g/mol. The topological polar surface area (TPSA) is 55.1 Å². The minimum atomic E-state index is -0.168. The van der Waals surface area contributed by atoms with Gasteiger partial charge in [0.2, 0.25) is 0 Å². The van der Waals surface area contributed by atoms with Crippen molar-refractivity contribution in [2.24, 2.45) is 0 Å². The van der Waals surface area contributed by atoms with Crippen molar-refractivity contribution in [3.05, 3.63) is 57.0 Å². The van der Waals surface area contributed by atoms with Crippen molar-refractivity contribution in [3.63, 3.8) is 0 Å². The molecular formula is C13H10Br2N2O. The van der Waals surface area contributed by atoms with Crippen LogP contribution in [0, 0.1) is 0 Å². The van der Waals surface area contributed by atoms with E-state index in [-0.39, 0.29) is 5.91 Å². The first-order valence-corrected chi connectivity index (χ1v) is 6.77. The number of carbonyl (C=O) groups is 1. The van der Waals surface area contributed by atoms with Crippen molar-refractivity contribution in [3.8, 4) is 0 Å². The van der Waals surface area contributed by atoms with Gasteiger partial charge in [0, 0.05) is 25.9 Å². The highest BCUT2D eigenvalue weighted by molar-refractivity contribution is 9.10. The first-order valence-electron chi connectivity index (χ1n) is 5.18. The van der Waals surface area contributed by atoms with E-state index in [2.05, 4.69) is 37.2 Å². The maximum Gasteiger partial charge on any atom is 0.255 e. The zero-order chi connectivity index (χ0) is 13.1. The lowest BCUT2D eigenvalue weighted by Crippen LogP contribution is -2.11. The molecular weight excluding hydrogens is 360 g/mol. The number of carbonyl (C=O) groups excluding carboxylic acids is 1. The molecule has 92 valence electrons. The van der Waals surface area contributed by atoms with E-state index in [1.54, 1.807) is 18.2 Å². The molecule has 0 unspecified atom stereocenters. The van der Waals surface area contributed by atoms with Crippen molar-refractivity contribution >= 4 is 49.1 Å². The van der Waals surface area contributed by atoms with Gasteiger partial charge in [0.1, 0.15) is 0 Å². The number of rotatable bonds is 2. The maximum absolute atomic E-state index is 12.0. The van der Waals surface area contributed by atoms with Crippen LogP contribution in [0.4, 0.5) is 11.4 Å². The van der Waals surface area contributed by atoms with Gasteiger partial charge < -0.3 is 11.1 Å². The van der Waals surface area contributed by atoms with E-state index in [1.165, 1.54) is 0 Å². The fourth-order valence-electron chi connectivity index (χ4n) is 1.40. The molecule has 0 radical (unpaired) electrons. The number of benzene rings is 2. The quantitative estimate of drug-likeness (QED) is 0.784. The minimum Gasteiger partial charge on any atom is -0.398 e. The highest BCUT2D eigenvalue weighted by Crippen LogP contribution is 2.21. The van der Waals surface area contributed by atoms with Gasteiger partial charge >= 0.3 is 0 Å². The molecule has 1 amide bonds. The van der Waals surface area contributed by atoms with Crippen LogP contribution >= 0.6 is 31.9 Å². The van der Waals surface area contributed by atoms with Gasteiger partial charge in [0.25, 0.3) is 5.91 Å². The number of nitrogen functional groups attached to an aromatic ring is 1. The van der Waals surface area contributed by atoms with E-state index in [4.69, 9.17) is 5.73 Å². The summed E-state index contributed by atoms with van der Waals surface area (Å²) in [5.41, 5.74) is 7.58. The predicted octanol–water partition coefficient (Wildman–Crippen LogP) is 4.05. The van der Waals surface area contributed by atoms with Gasteiger partial charge in [-0.3, -0.25) is 4.79 Å². The highest BCUT2D eigenvalue weighted by atomic mass is 79.9. The first-order chi connectivity index (χ1) is 8.56. The van der Waals surface area contributed by atoms with Crippen LogP contribution < -0.4 is 11.1 Å². The minimum absolute atomic E-state index is 0.168. The van der Waals surface area contributed by atoms with Gasteiger partial charge in [0.05, 0.1) is 0 Å². The molecule has 0 aliphatic carbocycles. The fourth-order valence-corrected chi connectivity index (χ4v) is 2.05. The first kappa shape index (κ1) is 13.1. The molecule has 5 heteroatoms. The molecule has 0 saturated heterocycles. The Morgan fingerprint density at radius 1 is 1.06 bits per heavy atom. The van der Waals surface area contributed by atoms with Crippen molar-refractivity contribution < 1.29 is 4.79 Å². The lowest BCUT2D eigenvalue weighted by Gasteiger charge is -2.06. The molecule has 18 heavy (non-hydrogen) atoms. The second kappa shape index (κ2) is 5.54. The van der Waals surface area contributed by atoms with E-state index in [0.717, 1.165) is 10.2 Å². The summed E-state index contributed by atoms with van der Waals surface area (Å²) in [5.74, 6) is -0.168. The maximum atomic E-state index is 12.0. The third-order valence-electron chi connectivity index (χ3n) is 2.36. The zero-order valence-electron chi connectivity index (χ0n) is 9.28. The number of anilines is 2. The normalized spacial score (nSPS) is 10.1. The molecule has 2 aromatic rings. The van der Waals surface area contributed by atoms with Gasteiger partial charge in [0.15, 0.2) is 0 Å². The van der Waals surface area contributed by atoms with Gasteiger partial charge in [-0.2, -0.15) is 0 Å². The largest absolute Gasteiger partial charge is 0.398 e. The smallest absolute Gasteiger partial charge is 0.255 e. The molecule has 0 heterocycles. The molecule has 2 rings (SSSR count). The fraction of sp³-hybridized carbons (Fsp3) is 0. The molecule has 0 bridgehead atoms. The molecule has 3 nitrogen and oxygen atoms in total. The average Bonchev–Trinajstić information content (AvgIpc) is 2.35. The van der Waals surface area contributed by atoms with Crippen LogP contribution in [-0.4, -0.2) is 5.91 Å². The number of nitrogens with one attached hydrogen (secondary N) is 1. The Bertz CT molecular complexity index is 582. The van der Waals surface area contributed by atoms with E-state index in [9.17, 15) is 4.79 Å². The van der Waals surface area contributed by atoms with Crippen molar-refractivity contribution in [1.82, 2.24) is 0 Å². The molecule has 0 atom stereocenters. The van der Waals surface area contributed by atoms with Crippen LogP contribution in [0.25, 0.3) is 0 Å². The third kappa shape index (κ3) is 3.11. The molecule has 0 saturated carbocycles. The summed E-state index contributed by atoms with van der Waals surface area (Å²) in [4.78, 5) is 12.0. The Morgan fingerprint density at radius 2 is 1.72 bits per heavy atom. The summed E-state index contributed by atoms with van der Waals surface area (Å²) < 4.78 is 1.68. The Balaban J connectivity index is 2.16. The molecule has 0 fully saturated rings. The highest BCUT2D eigenvalue weighted by Gasteiger charge is 2.07. The average molecular weight is 370 g/mol. The van der Waals surface area contributed by atoms with Gasteiger partial charge in [-0.1, -0.05) is 15.9 Å². The number of hydrogen-bond donors (Lipinski definition) is 2. The third-order valence-corrected chi connectivity index (χ3v) is 3.58. The standard InChI is InChI=1S/C13H10Br2N2O/c14-9-2-4-10(5-3-9)17-13(18)8-1-6-12(16)11(15)7-8/h1-7H,16H2,(H,17,18). The Labute approximate surface area is 122 Å². The summed E-state index contributed by atoms with van der Waals surface area (Å²) in [6.45, 7) is 0. The molecule has 0 spiro atoms. The van der Waals surface area contributed by atoms with Gasteiger partial charge in [-0.05, 0) is 58.4 Å². The van der Waals surface area contributed by atoms with E-state index < -0.39 is 0 Å². The second-order valence-corrected chi connectivity index (χ2v) is 5.47. The lowest BCUT2D eigenvalue weighted by molar-refractivity contribution is 0.102. The van der Waals surface area contributed by atoms with Crippen LogP contribution in [0.1, 0.15) is 10.4 Å². The SMILES string of the molecule is Nc1ccc(C(=O)Nc2ccc(Br)cc2)cc1Br. The van der Waals surface area contributed by atoms with E-state index in [0.29, 0.717) is 15.7 Å². The van der Waals surface area contributed by atoms with Crippen LogP contribution in [-0.2, 0) is 0 Å². The van der Waals surface area contributed by atoms with Crippen LogP contribution in [0.2, 0.25) is 0 Å². The Hall–Kier alpha value is -1.33. The summed E-state index contributed by atoms with van der Waals surface area (Å²) in [6.07, 6.45) is 0. The Kier molecular flexibility index (Phi) is 4.04. The molecule has 0 aromatic heterocycles. The van der Waals surface area contributed by atoms with Crippen molar-refractivity contribution in [1.29, 1.82) is 0 Å². The van der Waals surface area contributed by atoms with Crippen molar-refractivity contribution in [2.45, 2.75) is 0 Å². The summed E-state index contributed by atoms with van der Waals surface area (Å²) in [5, 5.41) is 2.81. The van der Waals surface area contributed by atoms with Crippen LogP contribution in [0.15, 0.2) is 51.4 Å². The second-order valence-electron chi connectivity index (χ2n) is 3.70. The number of hydrogen-bond acceptors (Lipinski definition) is 2. The lowest BCUT2D eigenvalue weighted by atomic mass is 10.2. The van der Waals surface area contributed by atoms with Gasteiger partial charge in [-0.15, -0.1) is 0 Å². The zero-order valence-corrected chi connectivity index (χ0v) is 12.5. The van der Waals surface area contributed by atoms with Gasteiger partial charge in [-0.25, -0.2) is 0 Å². The number of halogens is 2. The molecule has 2 aromatic carbocycles. The van der Waals surface area contributed by atoms with Crippen molar-refractivity contribution in [2.75, 3.05) is 11.1 Å². The van der Waals surface area contributed by atoms with Crippen LogP contribution in [0.5, 0.6) is 0 Å². The summed E-state index contributed by atoms with van der Waals surface area (Å²) >= 11 is 6.64. The number of nitrogens with two attached hydrogens (primary N) is 1. The van der Waals surface area contributed by atoms with E-state index >= 15 is 0 Å². The van der Waals surface area contributed by atoms with E-state index in [1.807, 2.05) is 24.3 Å². The van der Waals surface area contributed by atoms with Crippen LogP contribution in [0.3, 0.4) is 0 Å². The molecule has 3 N–H and O–H groups in total. The molecule has 0 aliphatic rings. The predicted molar refractivity (Wildman–Crippen MR) is 80.6 cm³/mol. The molecule has 0 aliphatic heterocycles. The Morgan fingerprint density at radius 3 is 2.33 bits per heavy atom.